The van der Waals surface area contributed by atoms with Crippen molar-refractivity contribution in [1.29, 1.82) is 0 Å². The Morgan fingerprint density at radius 2 is 1.71 bits per heavy atom. The smallest absolute Gasteiger partial charge is 0.0870 e. The summed E-state index contributed by atoms with van der Waals surface area (Å²) in [4.78, 5) is 5.43. The molecule has 3 nitrogen and oxygen atoms in total. The summed E-state index contributed by atoms with van der Waals surface area (Å²) < 4.78 is 0. The van der Waals surface area contributed by atoms with Gasteiger partial charge in [0.2, 0.25) is 0 Å². The van der Waals surface area contributed by atoms with E-state index < -0.39 is 0 Å². The third-order valence-corrected chi connectivity index (χ3v) is 2.83. The van der Waals surface area contributed by atoms with Gasteiger partial charge in [-0.05, 0) is 20.8 Å². The molecule has 1 fully saturated rings. The Hall–Kier alpha value is -0.190. The van der Waals surface area contributed by atoms with Crippen LogP contribution in [-0.4, -0.2) is 53.1 Å². The first kappa shape index (κ1) is 11.9. The zero-order chi connectivity index (χ0) is 10.8. The Bertz CT molecular complexity index is 202. The van der Waals surface area contributed by atoms with Crippen LogP contribution in [0, 0.1) is 0 Å². The maximum Gasteiger partial charge on any atom is 0.0870 e. The molecule has 0 saturated carbocycles. The SMILES string of the molecule is CC(C)(C)N1CCN(CC(N)=S)CC1. The van der Waals surface area contributed by atoms with E-state index in [0.29, 0.717) is 4.99 Å². The molecule has 1 saturated heterocycles. The van der Waals surface area contributed by atoms with Gasteiger partial charge < -0.3 is 5.73 Å². The molecule has 0 bridgehead atoms. The highest BCUT2D eigenvalue weighted by molar-refractivity contribution is 7.80. The summed E-state index contributed by atoms with van der Waals surface area (Å²) in [5.74, 6) is 0. The summed E-state index contributed by atoms with van der Waals surface area (Å²) in [7, 11) is 0. The van der Waals surface area contributed by atoms with Crippen molar-refractivity contribution in [2.24, 2.45) is 5.73 Å². The highest BCUT2D eigenvalue weighted by Crippen LogP contribution is 2.15. The van der Waals surface area contributed by atoms with Crippen molar-refractivity contribution in [1.82, 2.24) is 9.80 Å². The molecule has 14 heavy (non-hydrogen) atoms. The van der Waals surface area contributed by atoms with Gasteiger partial charge in [0.15, 0.2) is 0 Å². The minimum absolute atomic E-state index is 0.287. The fourth-order valence-corrected chi connectivity index (χ4v) is 1.98. The molecule has 0 atom stereocenters. The number of hydrogen-bond acceptors (Lipinski definition) is 3. The molecule has 1 heterocycles. The second-order valence-electron chi connectivity index (χ2n) is 4.90. The predicted molar refractivity (Wildman–Crippen MR) is 64.6 cm³/mol. The van der Waals surface area contributed by atoms with Gasteiger partial charge in [0.05, 0.1) is 4.99 Å². The highest BCUT2D eigenvalue weighted by Gasteiger charge is 2.25. The van der Waals surface area contributed by atoms with E-state index in [-0.39, 0.29) is 5.54 Å². The quantitative estimate of drug-likeness (QED) is 0.687. The second kappa shape index (κ2) is 4.55. The van der Waals surface area contributed by atoms with Crippen molar-refractivity contribution in [2.45, 2.75) is 26.3 Å². The molecular formula is C10H21N3S. The van der Waals surface area contributed by atoms with Crippen molar-refractivity contribution < 1.29 is 0 Å². The molecule has 0 aromatic rings. The van der Waals surface area contributed by atoms with Crippen molar-refractivity contribution >= 4 is 17.2 Å². The van der Waals surface area contributed by atoms with E-state index in [9.17, 15) is 0 Å². The lowest BCUT2D eigenvalue weighted by Gasteiger charge is -2.42. The maximum atomic E-state index is 5.52. The van der Waals surface area contributed by atoms with Crippen molar-refractivity contribution in [2.75, 3.05) is 32.7 Å². The summed E-state index contributed by atoms with van der Waals surface area (Å²) in [6.45, 7) is 11.9. The zero-order valence-electron chi connectivity index (χ0n) is 9.42. The normalized spacial score (nSPS) is 21.1. The van der Waals surface area contributed by atoms with Crippen LogP contribution < -0.4 is 5.73 Å². The van der Waals surface area contributed by atoms with Gasteiger partial charge in [-0.15, -0.1) is 0 Å². The third kappa shape index (κ3) is 3.52. The molecule has 82 valence electrons. The molecule has 0 aromatic heterocycles. The Morgan fingerprint density at radius 1 is 1.21 bits per heavy atom. The van der Waals surface area contributed by atoms with Crippen LogP contribution in [0.1, 0.15) is 20.8 Å². The zero-order valence-corrected chi connectivity index (χ0v) is 10.2. The standard InChI is InChI=1S/C10H21N3S/c1-10(2,3)13-6-4-12(5-7-13)8-9(11)14/h4-8H2,1-3H3,(H2,11,14). The van der Waals surface area contributed by atoms with Gasteiger partial charge in [-0.25, -0.2) is 0 Å². The molecule has 0 aromatic carbocycles. The van der Waals surface area contributed by atoms with Crippen molar-refractivity contribution in [3.8, 4) is 0 Å². The largest absolute Gasteiger partial charge is 0.392 e. The number of rotatable bonds is 2. The molecule has 0 unspecified atom stereocenters. The van der Waals surface area contributed by atoms with Crippen LogP contribution in [0.5, 0.6) is 0 Å². The van der Waals surface area contributed by atoms with Crippen LogP contribution >= 0.6 is 12.2 Å². The number of nitrogens with two attached hydrogens (primary N) is 1. The van der Waals surface area contributed by atoms with Gasteiger partial charge in [0.25, 0.3) is 0 Å². The van der Waals surface area contributed by atoms with Gasteiger partial charge in [-0.3, -0.25) is 9.80 Å². The van der Waals surface area contributed by atoms with Crippen LogP contribution in [0.2, 0.25) is 0 Å². The first-order valence-electron chi connectivity index (χ1n) is 5.15. The van der Waals surface area contributed by atoms with E-state index in [1.165, 1.54) is 0 Å². The van der Waals surface area contributed by atoms with Crippen LogP contribution in [0.15, 0.2) is 0 Å². The number of piperazine rings is 1. The molecule has 0 spiro atoms. The first-order valence-corrected chi connectivity index (χ1v) is 5.56. The Kier molecular flexibility index (Phi) is 3.86. The van der Waals surface area contributed by atoms with Crippen LogP contribution in [0.3, 0.4) is 0 Å². The van der Waals surface area contributed by atoms with E-state index in [1.807, 2.05) is 0 Å². The molecule has 1 aliphatic heterocycles. The number of thiocarbonyl (C=S) groups is 1. The van der Waals surface area contributed by atoms with Crippen LogP contribution in [0.4, 0.5) is 0 Å². The summed E-state index contributed by atoms with van der Waals surface area (Å²) in [6.07, 6.45) is 0. The molecule has 0 radical (unpaired) electrons. The van der Waals surface area contributed by atoms with Gasteiger partial charge in [0.1, 0.15) is 0 Å². The average molecular weight is 215 g/mol. The van der Waals surface area contributed by atoms with Gasteiger partial charge in [-0.1, -0.05) is 12.2 Å². The van der Waals surface area contributed by atoms with Crippen LogP contribution in [-0.2, 0) is 0 Å². The minimum atomic E-state index is 0.287. The Morgan fingerprint density at radius 3 is 2.07 bits per heavy atom. The minimum Gasteiger partial charge on any atom is -0.392 e. The summed E-state index contributed by atoms with van der Waals surface area (Å²) in [5, 5.41) is 0. The summed E-state index contributed by atoms with van der Waals surface area (Å²) >= 11 is 4.90. The monoisotopic (exact) mass is 215 g/mol. The molecule has 1 rings (SSSR count). The van der Waals surface area contributed by atoms with Gasteiger partial charge in [0, 0.05) is 38.3 Å². The van der Waals surface area contributed by atoms with Crippen molar-refractivity contribution in [3.05, 3.63) is 0 Å². The van der Waals surface area contributed by atoms with E-state index in [4.69, 9.17) is 18.0 Å². The number of nitrogens with zero attached hydrogens (tertiary/aromatic N) is 2. The summed E-state index contributed by atoms with van der Waals surface area (Å²) in [6, 6.07) is 0. The average Bonchev–Trinajstić information content (AvgIpc) is 2.02. The first-order chi connectivity index (χ1) is 6.39. The van der Waals surface area contributed by atoms with E-state index >= 15 is 0 Å². The highest BCUT2D eigenvalue weighted by atomic mass is 32.1. The molecule has 1 aliphatic rings. The number of hydrogen-bond donors (Lipinski definition) is 1. The fraction of sp³-hybridized carbons (Fsp3) is 0.900. The Labute approximate surface area is 92.2 Å². The van der Waals surface area contributed by atoms with Crippen LogP contribution in [0.25, 0.3) is 0 Å². The topological polar surface area (TPSA) is 32.5 Å². The lowest BCUT2D eigenvalue weighted by atomic mass is 10.1. The molecule has 0 amide bonds. The summed E-state index contributed by atoms with van der Waals surface area (Å²) in [5.41, 5.74) is 5.81. The Balaban J connectivity index is 2.35. The molecular weight excluding hydrogens is 194 g/mol. The van der Waals surface area contributed by atoms with E-state index in [2.05, 4.69) is 30.6 Å². The maximum absolute atomic E-state index is 5.52. The third-order valence-electron chi connectivity index (χ3n) is 2.70. The van der Waals surface area contributed by atoms with E-state index in [1.54, 1.807) is 0 Å². The van der Waals surface area contributed by atoms with E-state index in [0.717, 1.165) is 32.7 Å². The molecule has 0 aliphatic carbocycles. The molecule has 2 N–H and O–H groups in total. The van der Waals surface area contributed by atoms with Gasteiger partial charge >= 0.3 is 0 Å². The van der Waals surface area contributed by atoms with Gasteiger partial charge in [-0.2, -0.15) is 0 Å². The second-order valence-corrected chi connectivity index (χ2v) is 5.42. The fourth-order valence-electron chi connectivity index (χ4n) is 1.80. The molecule has 4 heteroatoms. The predicted octanol–water partition coefficient (Wildman–Crippen LogP) is 0.689. The lowest BCUT2D eigenvalue weighted by molar-refractivity contribution is 0.0692. The lowest BCUT2D eigenvalue weighted by Crippen LogP contribution is -2.54. The van der Waals surface area contributed by atoms with Crippen molar-refractivity contribution in [3.63, 3.8) is 0 Å².